The largest absolute Gasteiger partial charge is 0.493 e. The lowest BCUT2D eigenvalue weighted by atomic mass is 9.75. The van der Waals surface area contributed by atoms with Crippen LogP contribution in [0.25, 0.3) is 0 Å². The minimum atomic E-state index is -0.383. The minimum Gasteiger partial charge on any atom is -0.493 e. The van der Waals surface area contributed by atoms with Gasteiger partial charge in [0.15, 0.2) is 17.3 Å². The SMILES string of the molecule is COc1ccc(C2=NN(c3ccc(C(=O)N4CCN(C(=O)c5ccco5)CC4)cc3)C(=O)[C@@H]3CC=CC[C@H]23)c2c1OC(C)(C)C2. The molecule has 3 amide bonds. The zero-order valence-corrected chi connectivity index (χ0v) is 25.7. The molecule has 0 spiro atoms. The average Bonchev–Trinajstić information content (AvgIpc) is 3.72. The van der Waals surface area contributed by atoms with Crippen LogP contribution in [0.15, 0.2) is 76.5 Å². The van der Waals surface area contributed by atoms with Crippen LogP contribution in [0.5, 0.6) is 11.5 Å². The fourth-order valence-electron chi connectivity index (χ4n) is 6.85. The van der Waals surface area contributed by atoms with Crippen LogP contribution in [0.4, 0.5) is 5.69 Å². The van der Waals surface area contributed by atoms with Crippen molar-refractivity contribution in [3.05, 3.63) is 89.4 Å². The van der Waals surface area contributed by atoms with Crippen molar-refractivity contribution in [2.75, 3.05) is 38.3 Å². The molecule has 10 nitrogen and oxygen atoms in total. The van der Waals surface area contributed by atoms with E-state index in [2.05, 4.69) is 26.0 Å². The van der Waals surface area contributed by atoms with E-state index in [1.165, 1.54) is 11.3 Å². The van der Waals surface area contributed by atoms with Crippen molar-refractivity contribution in [3.63, 3.8) is 0 Å². The van der Waals surface area contributed by atoms with E-state index < -0.39 is 0 Å². The molecular formula is C35H36N4O6. The van der Waals surface area contributed by atoms with Gasteiger partial charge in [-0.25, -0.2) is 5.01 Å². The highest BCUT2D eigenvalue weighted by atomic mass is 16.5. The number of hydrogen-bond donors (Lipinski definition) is 0. The second kappa shape index (κ2) is 11.3. The number of carbonyl (C=O) groups is 3. The van der Waals surface area contributed by atoms with Crippen LogP contribution >= 0.6 is 0 Å². The number of amides is 3. The topological polar surface area (TPSA) is 105 Å². The third-order valence-electron chi connectivity index (χ3n) is 9.16. The first-order chi connectivity index (χ1) is 21.7. The summed E-state index contributed by atoms with van der Waals surface area (Å²) >= 11 is 0. The Bertz CT molecular complexity index is 1700. The van der Waals surface area contributed by atoms with Crippen LogP contribution in [-0.4, -0.2) is 72.1 Å². The fourth-order valence-corrected chi connectivity index (χ4v) is 6.85. The molecule has 232 valence electrons. The first kappa shape index (κ1) is 28.9. The summed E-state index contributed by atoms with van der Waals surface area (Å²) in [6.07, 6.45) is 7.78. The third-order valence-corrected chi connectivity index (χ3v) is 9.16. The number of hydrazone groups is 1. The van der Waals surface area contributed by atoms with Crippen molar-refractivity contribution in [1.82, 2.24) is 9.80 Å². The Kier molecular flexibility index (Phi) is 7.22. The van der Waals surface area contributed by atoms with Gasteiger partial charge in [-0.15, -0.1) is 0 Å². The monoisotopic (exact) mass is 608 g/mol. The Morgan fingerprint density at radius 1 is 0.911 bits per heavy atom. The van der Waals surface area contributed by atoms with Gasteiger partial charge >= 0.3 is 0 Å². The van der Waals surface area contributed by atoms with Gasteiger partial charge in [0.05, 0.1) is 30.7 Å². The number of ether oxygens (including phenoxy) is 2. The first-order valence-corrected chi connectivity index (χ1v) is 15.4. The highest BCUT2D eigenvalue weighted by molar-refractivity contribution is 6.12. The van der Waals surface area contributed by atoms with Crippen molar-refractivity contribution < 1.29 is 28.3 Å². The summed E-state index contributed by atoms with van der Waals surface area (Å²) in [5.41, 5.74) is 3.64. The number of fused-ring (bicyclic) bond motifs is 2. The molecule has 3 aromatic rings. The average molecular weight is 609 g/mol. The van der Waals surface area contributed by atoms with E-state index >= 15 is 0 Å². The second-order valence-electron chi connectivity index (χ2n) is 12.6. The lowest BCUT2D eigenvalue weighted by Gasteiger charge is -2.37. The lowest BCUT2D eigenvalue weighted by molar-refractivity contribution is -0.123. The lowest BCUT2D eigenvalue weighted by Crippen LogP contribution is -2.50. The maximum atomic E-state index is 13.8. The molecule has 1 aromatic heterocycles. The first-order valence-electron chi connectivity index (χ1n) is 15.4. The number of furan rings is 1. The van der Waals surface area contributed by atoms with Gasteiger partial charge in [0.2, 0.25) is 0 Å². The molecule has 1 aliphatic carbocycles. The number of benzene rings is 2. The number of hydrogen-bond acceptors (Lipinski definition) is 7. The number of piperazine rings is 1. The van der Waals surface area contributed by atoms with E-state index in [1.807, 2.05) is 12.1 Å². The Labute approximate surface area is 261 Å². The predicted molar refractivity (Wildman–Crippen MR) is 168 cm³/mol. The molecule has 4 heterocycles. The number of rotatable bonds is 5. The number of anilines is 1. The summed E-state index contributed by atoms with van der Waals surface area (Å²) in [6, 6.07) is 14.3. The number of allylic oxidation sites excluding steroid dienone is 2. The Balaban J connectivity index is 1.14. The molecule has 0 bridgehead atoms. The molecule has 2 atom stereocenters. The van der Waals surface area contributed by atoms with Crippen LogP contribution in [0, 0.1) is 11.8 Å². The van der Waals surface area contributed by atoms with E-state index in [-0.39, 0.29) is 35.2 Å². The van der Waals surface area contributed by atoms with Gasteiger partial charge in [-0.2, -0.15) is 5.10 Å². The maximum absolute atomic E-state index is 13.8. The number of methoxy groups -OCH3 is 1. The van der Waals surface area contributed by atoms with E-state index in [0.29, 0.717) is 61.8 Å². The normalized spacial score (nSPS) is 22.0. The third kappa shape index (κ3) is 5.18. The smallest absolute Gasteiger partial charge is 0.289 e. The van der Waals surface area contributed by atoms with Crippen molar-refractivity contribution in [2.45, 2.75) is 38.7 Å². The second-order valence-corrected chi connectivity index (χ2v) is 12.6. The van der Waals surface area contributed by atoms with Crippen LogP contribution in [-0.2, 0) is 11.2 Å². The molecule has 1 fully saturated rings. The van der Waals surface area contributed by atoms with Gasteiger partial charge in [-0.05, 0) is 75.2 Å². The molecule has 0 saturated carbocycles. The van der Waals surface area contributed by atoms with E-state index in [9.17, 15) is 14.4 Å². The molecule has 1 saturated heterocycles. The van der Waals surface area contributed by atoms with Crippen LogP contribution in [0.3, 0.4) is 0 Å². The van der Waals surface area contributed by atoms with E-state index in [4.69, 9.17) is 19.0 Å². The molecule has 0 unspecified atom stereocenters. The Hall–Kier alpha value is -4.86. The zero-order chi connectivity index (χ0) is 31.3. The van der Waals surface area contributed by atoms with Crippen molar-refractivity contribution in [1.29, 1.82) is 0 Å². The summed E-state index contributed by atoms with van der Waals surface area (Å²) in [6.45, 7) is 5.83. The Morgan fingerprint density at radius 2 is 1.60 bits per heavy atom. The maximum Gasteiger partial charge on any atom is 0.289 e. The van der Waals surface area contributed by atoms with Gasteiger partial charge in [-0.1, -0.05) is 12.2 Å². The molecule has 0 N–H and O–H groups in total. The van der Waals surface area contributed by atoms with Crippen molar-refractivity contribution in [3.8, 4) is 11.5 Å². The standard InChI is InChI=1S/C35H36N4O6/c1-35(2)21-27-25(14-15-28(43-3)31(27)45-35)30-24-7-4-5-8-26(24)33(41)39(36-30)23-12-10-22(11-13-23)32(40)37-16-18-38(19-17-37)34(42)29-9-6-20-44-29/h4-6,9-15,20,24,26H,7-8,16-19,21H2,1-3H3/t24-,26+/m0/s1. The fraction of sp³-hybridized carbons (Fsp3) is 0.371. The predicted octanol–water partition coefficient (Wildman–Crippen LogP) is 4.93. The summed E-state index contributed by atoms with van der Waals surface area (Å²) in [5, 5.41) is 6.51. The van der Waals surface area contributed by atoms with Crippen LogP contribution in [0.2, 0.25) is 0 Å². The van der Waals surface area contributed by atoms with Gasteiger partial charge in [0.25, 0.3) is 17.7 Å². The van der Waals surface area contributed by atoms with Gasteiger partial charge in [0.1, 0.15) is 5.60 Å². The molecule has 0 radical (unpaired) electrons. The van der Waals surface area contributed by atoms with Crippen LogP contribution < -0.4 is 14.5 Å². The molecule has 4 aliphatic rings. The molecular weight excluding hydrogens is 572 g/mol. The quantitative estimate of drug-likeness (QED) is 0.381. The van der Waals surface area contributed by atoms with Gasteiger partial charge in [0, 0.05) is 55.2 Å². The summed E-state index contributed by atoms with van der Waals surface area (Å²) in [4.78, 5) is 43.2. The summed E-state index contributed by atoms with van der Waals surface area (Å²) in [7, 11) is 1.64. The number of nitrogens with zero attached hydrogens (tertiary/aromatic N) is 4. The highest BCUT2D eigenvalue weighted by Crippen LogP contribution is 2.46. The summed E-state index contributed by atoms with van der Waals surface area (Å²) in [5.74, 6) is 1.11. The van der Waals surface area contributed by atoms with E-state index in [0.717, 1.165) is 29.0 Å². The highest BCUT2D eigenvalue weighted by Gasteiger charge is 2.43. The molecule has 45 heavy (non-hydrogen) atoms. The van der Waals surface area contributed by atoms with Crippen LogP contribution in [0.1, 0.15) is 58.7 Å². The molecule has 3 aliphatic heterocycles. The molecule has 10 heteroatoms. The molecule has 2 aromatic carbocycles. The van der Waals surface area contributed by atoms with Crippen molar-refractivity contribution >= 4 is 29.1 Å². The van der Waals surface area contributed by atoms with E-state index in [1.54, 1.807) is 53.3 Å². The van der Waals surface area contributed by atoms with Gasteiger partial charge < -0.3 is 23.7 Å². The number of carbonyl (C=O) groups excluding carboxylic acids is 3. The van der Waals surface area contributed by atoms with Gasteiger partial charge in [-0.3, -0.25) is 14.4 Å². The minimum absolute atomic E-state index is 0.0425. The van der Waals surface area contributed by atoms with Crippen molar-refractivity contribution in [2.24, 2.45) is 16.9 Å². The summed E-state index contributed by atoms with van der Waals surface area (Å²) < 4.78 is 17.2. The Morgan fingerprint density at radius 3 is 2.27 bits per heavy atom. The molecule has 7 rings (SSSR count). The zero-order valence-electron chi connectivity index (χ0n) is 25.7.